The number of fused-ring (bicyclic) bond motifs is 2. The van der Waals surface area contributed by atoms with Gasteiger partial charge in [0.1, 0.15) is 11.5 Å². The number of aromatic nitrogens is 4. The molecule has 0 aliphatic carbocycles. The van der Waals surface area contributed by atoms with E-state index in [0.717, 1.165) is 21.8 Å². The monoisotopic (exact) mass is 305 g/mol. The number of benzene rings is 2. The summed E-state index contributed by atoms with van der Waals surface area (Å²) < 4.78 is 14.7. The fourth-order valence-electron chi connectivity index (χ4n) is 2.57. The van der Waals surface area contributed by atoms with Crippen molar-refractivity contribution in [2.24, 2.45) is 14.1 Å². The van der Waals surface area contributed by atoms with Crippen LogP contribution < -0.4 is 9.31 Å². The molecule has 0 fully saturated rings. The summed E-state index contributed by atoms with van der Waals surface area (Å²) in [7, 11) is 5.15. The van der Waals surface area contributed by atoms with Crippen molar-refractivity contribution in [2.75, 3.05) is 0 Å². The minimum atomic E-state index is 0.702. The van der Waals surface area contributed by atoms with Crippen LogP contribution in [-0.2, 0) is 14.1 Å². The van der Waals surface area contributed by atoms with Crippen LogP contribution in [0.1, 0.15) is 0 Å². The first-order valence-corrected chi connectivity index (χ1v) is 7.19. The van der Waals surface area contributed by atoms with Crippen LogP contribution in [0.3, 0.4) is 0 Å². The van der Waals surface area contributed by atoms with E-state index in [2.05, 4.69) is 10.2 Å². The second kappa shape index (κ2) is 5.35. The molecule has 0 amide bonds. The minimum absolute atomic E-state index is 0.702. The van der Waals surface area contributed by atoms with Gasteiger partial charge in [0.2, 0.25) is 0 Å². The van der Waals surface area contributed by atoms with E-state index in [1.165, 1.54) is 7.69 Å². The molecule has 0 saturated heterocycles. The van der Waals surface area contributed by atoms with Crippen LogP contribution >= 0.6 is 0 Å². The molecule has 113 valence electrons. The van der Waals surface area contributed by atoms with Crippen LogP contribution in [0.5, 0.6) is 11.5 Å². The Morgan fingerprint density at radius 1 is 0.783 bits per heavy atom. The quantitative estimate of drug-likeness (QED) is 0.543. The molecule has 23 heavy (non-hydrogen) atoms. The molecule has 0 bridgehead atoms. The van der Waals surface area contributed by atoms with Crippen LogP contribution in [0.2, 0.25) is 0 Å². The van der Waals surface area contributed by atoms with Crippen molar-refractivity contribution in [1.82, 2.24) is 19.6 Å². The van der Waals surface area contributed by atoms with Gasteiger partial charge in [-0.2, -0.15) is 10.2 Å². The van der Waals surface area contributed by atoms with E-state index in [1.807, 2.05) is 59.9 Å². The summed E-state index contributed by atoms with van der Waals surface area (Å²) >= 11 is 0. The van der Waals surface area contributed by atoms with Crippen LogP contribution in [0.4, 0.5) is 0 Å². The molecule has 1 radical (unpaired) electrons. The molecule has 0 N–H and O–H groups in total. The van der Waals surface area contributed by atoms with Crippen LogP contribution in [0, 0.1) is 0 Å². The van der Waals surface area contributed by atoms with E-state index in [-0.39, 0.29) is 0 Å². The highest BCUT2D eigenvalue weighted by molar-refractivity contribution is 6.20. The van der Waals surface area contributed by atoms with Gasteiger partial charge in [-0.3, -0.25) is 9.36 Å². The molecule has 0 aliphatic heterocycles. The fraction of sp³-hybridized carbons (Fsp3) is 0.125. The van der Waals surface area contributed by atoms with Gasteiger partial charge in [-0.25, -0.2) is 0 Å². The lowest BCUT2D eigenvalue weighted by Crippen LogP contribution is -2.10. The van der Waals surface area contributed by atoms with E-state index in [9.17, 15) is 0 Å². The molecule has 0 spiro atoms. The van der Waals surface area contributed by atoms with Gasteiger partial charge in [0.05, 0.1) is 23.4 Å². The highest BCUT2D eigenvalue weighted by Crippen LogP contribution is 2.22. The third kappa shape index (κ3) is 2.50. The first-order valence-electron chi connectivity index (χ1n) is 7.19. The van der Waals surface area contributed by atoms with E-state index >= 15 is 0 Å². The number of hydrogen-bond donors (Lipinski definition) is 0. The van der Waals surface area contributed by atoms with Gasteiger partial charge < -0.3 is 9.31 Å². The maximum absolute atomic E-state index is 5.54. The lowest BCUT2D eigenvalue weighted by atomic mass is 10.2. The van der Waals surface area contributed by atoms with Crippen molar-refractivity contribution in [1.29, 1.82) is 0 Å². The second-order valence-corrected chi connectivity index (χ2v) is 5.31. The Morgan fingerprint density at radius 2 is 1.26 bits per heavy atom. The number of nitrogens with zero attached hydrogens (tertiary/aromatic N) is 4. The molecule has 6 nitrogen and oxygen atoms in total. The summed E-state index contributed by atoms with van der Waals surface area (Å²) in [6, 6.07) is 11.5. The Bertz CT molecular complexity index is 912. The summed E-state index contributed by atoms with van der Waals surface area (Å²) in [4.78, 5) is 0. The molecule has 7 heteroatoms. The summed E-state index contributed by atoms with van der Waals surface area (Å²) in [5.74, 6) is 1.40. The van der Waals surface area contributed by atoms with Gasteiger partial charge in [0.25, 0.3) is 0 Å². The Balaban J connectivity index is 1.45. The Hall–Kier alpha value is -2.96. The smallest absolute Gasteiger partial charge is 0.526 e. The van der Waals surface area contributed by atoms with Gasteiger partial charge in [-0.1, -0.05) is 0 Å². The first-order chi connectivity index (χ1) is 11.2. The fourth-order valence-corrected chi connectivity index (χ4v) is 2.57. The zero-order chi connectivity index (χ0) is 15.8. The second-order valence-electron chi connectivity index (χ2n) is 5.31. The highest BCUT2D eigenvalue weighted by atomic mass is 16.6. The molecule has 0 atom stereocenters. The number of hydrogen-bond acceptors (Lipinski definition) is 4. The van der Waals surface area contributed by atoms with E-state index in [1.54, 1.807) is 12.4 Å². The number of aryl methyl sites for hydroxylation is 2. The summed E-state index contributed by atoms with van der Waals surface area (Å²) in [5.41, 5.74) is 2.11. The van der Waals surface area contributed by atoms with Crippen LogP contribution in [0.15, 0.2) is 48.8 Å². The van der Waals surface area contributed by atoms with Crippen molar-refractivity contribution in [3.8, 4) is 11.5 Å². The Kier molecular flexibility index (Phi) is 3.18. The third-order valence-electron chi connectivity index (χ3n) is 3.80. The van der Waals surface area contributed by atoms with Gasteiger partial charge in [0.15, 0.2) is 0 Å². The van der Waals surface area contributed by atoms with E-state index in [4.69, 9.17) is 9.31 Å². The maximum atomic E-state index is 5.54. The van der Waals surface area contributed by atoms with Crippen molar-refractivity contribution < 1.29 is 9.31 Å². The molecule has 2 aromatic carbocycles. The van der Waals surface area contributed by atoms with Crippen LogP contribution in [0.25, 0.3) is 21.8 Å². The minimum Gasteiger partial charge on any atom is -0.526 e. The largest absolute Gasteiger partial charge is 0.658 e. The lowest BCUT2D eigenvalue weighted by molar-refractivity contribution is 0.460. The van der Waals surface area contributed by atoms with Crippen molar-refractivity contribution in [3.05, 3.63) is 48.8 Å². The van der Waals surface area contributed by atoms with E-state index in [0.29, 0.717) is 11.5 Å². The first kappa shape index (κ1) is 13.7. The van der Waals surface area contributed by atoms with Gasteiger partial charge >= 0.3 is 7.69 Å². The Labute approximate surface area is 133 Å². The summed E-state index contributed by atoms with van der Waals surface area (Å²) in [6.07, 6.45) is 3.61. The zero-order valence-corrected chi connectivity index (χ0v) is 12.8. The maximum Gasteiger partial charge on any atom is 0.658 e. The molecule has 0 unspecified atom stereocenters. The van der Waals surface area contributed by atoms with E-state index < -0.39 is 0 Å². The topological polar surface area (TPSA) is 54.1 Å². The predicted molar refractivity (Wildman–Crippen MR) is 88.4 cm³/mol. The standard InChI is InChI=1S/C16H14BN4O2/c1-20-15-5-3-13(7-11(15)9-18-20)22-17-23-14-4-6-16-12(8-14)10-19-21(16)2/h3-10H,1-2H3. The number of rotatable bonds is 4. The Morgan fingerprint density at radius 3 is 1.74 bits per heavy atom. The average Bonchev–Trinajstić information content (AvgIpc) is 3.11. The SMILES string of the molecule is Cn1ncc2cc(O[B]Oc3ccc4c(cnn4C)c3)ccc21. The van der Waals surface area contributed by atoms with Gasteiger partial charge in [0, 0.05) is 24.9 Å². The molecule has 0 saturated carbocycles. The average molecular weight is 305 g/mol. The molecule has 4 rings (SSSR count). The van der Waals surface area contributed by atoms with Gasteiger partial charge in [-0.05, 0) is 36.4 Å². The normalized spacial score (nSPS) is 11.0. The molecule has 0 aliphatic rings. The van der Waals surface area contributed by atoms with Crippen molar-refractivity contribution in [3.63, 3.8) is 0 Å². The molecular weight excluding hydrogens is 291 g/mol. The van der Waals surface area contributed by atoms with Crippen molar-refractivity contribution >= 4 is 29.5 Å². The van der Waals surface area contributed by atoms with Gasteiger partial charge in [-0.15, -0.1) is 0 Å². The summed E-state index contributed by atoms with van der Waals surface area (Å²) in [6.45, 7) is 0. The summed E-state index contributed by atoms with van der Waals surface area (Å²) in [5, 5.41) is 10.5. The third-order valence-corrected chi connectivity index (χ3v) is 3.80. The highest BCUT2D eigenvalue weighted by Gasteiger charge is 2.06. The molecule has 2 heterocycles. The molecule has 4 aromatic rings. The van der Waals surface area contributed by atoms with Crippen LogP contribution in [-0.4, -0.2) is 27.2 Å². The molecular formula is C16H14BN4O2. The lowest BCUT2D eigenvalue weighted by Gasteiger charge is -2.07. The van der Waals surface area contributed by atoms with Crippen molar-refractivity contribution in [2.45, 2.75) is 0 Å². The molecule has 2 aromatic heterocycles. The predicted octanol–water partition coefficient (Wildman–Crippen LogP) is 2.45. The zero-order valence-electron chi connectivity index (χ0n) is 12.8.